The van der Waals surface area contributed by atoms with Crippen LogP contribution in [0.5, 0.6) is 0 Å². The third kappa shape index (κ3) is 3.40. The number of halogens is 3. The molecule has 1 N–H and O–H groups in total. The number of amides is 1. The normalized spacial score (nSPS) is 10.4. The molecule has 6 heteroatoms. The van der Waals surface area contributed by atoms with Gasteiger partial charge in [-0.1, -0.05) is 27.5 Å². The van der Waals surface area contributed by atoms with Crippen LogP contribution in [0.2, 0.25) is 5.15 Å². The van der Waals surface area contributed by atoms with E-state index in [4.69, 9.17) is 11.6 Å². The van der Waals surface area contributed by atoms with Gasteiger partial charge in [-0.05, 0) is 59.1 Å². The number of nitrogens with zero attached hydrogens (tertiary/aromatic N) is 1. The topological polar surface area (TPSA) is 42.0 Å². The number of carbonyl (C=O) groups excluding carboxylic acids is 1. The SMILES string of the molecule is Cc1cc(Br)cc(C)c1NC(=O)c1cc(Br)cnc1Cl. The van der Waals surface area contributed by atoms with Crippen LogP contribution in [0.1, 0.15) is 21.5 Å². The molecule has 0 radical (unpaired) electrons. The van der Waals surface area contributed by atoms with Gasteiger partial charge in [0.1, 0.15) is 5.15 Å². The molecule has 2 aromatic rings. The monoisotopic (exact) mass is 416 g/mol. The Bertz CT molecular complexity index is 666. The van der Waals surface area contributed by atoms with Gasteiger partial charge in [-0.2, -0.15) is 0 Å². The van der Waals surface area contributed by atoms with Gasteiger partial charge >= 0.3 is 0 Å². The minimum atomic E-state index is -0.280. The van der Waals surface area contributed by atoms with E-state index in [0.717, 1.165) is 21.3 Å². The van der Waals surface area contributed by atoms with Crippen LogP contribution in [0.15, 0.2) is 33.3 Å². The van der Waals surface area contributed by atoms with Gasteiger partial charge in [0.05, 0.1) is 5.56 Å². The maximum absolute atomic E-state index is 12.3. The van der Waals surface area contributed by atoms with E-state index in [1.807, 2.05) is 26.0 Å². The average molecular weight is 419 g/mol. The van der Waals surface area contributed by atoms with Gasteiger partial charge in [0.2, 0.25) is 0 Å². The summed E-state index contributed by atoms with van der Waals surface area (Å²) in [4.78, 5) is 16.3. The van der Waals surface area contributed by atoms with Gasteiger partial charge in [-0.25, -0.2) is 4.98 Å². The van der Waals surface area contributed by atoms with Crippen LogP contribution in [0, 0.1) is 13.8 Å². The Kier molecular flexibility index (Phi) is 4.83. The van der Waals surface area contributed by atoms with Crippen molar-refractivity contribution in [2.75, 3.05) is 5.32 Å². The summed E-state index contributed by atoms with van der Waals surface area (Å²) in [5.74, 6) is -0.280. The highest BCUT2D eigenvalue weighted by atomic mass is 79.9. The van der Waals surface area contributed by atoms with E-state index in [0.29, 0.717) is 10.0 Å². The molecule has 20 heavy (non-hydrogen) atoms. The Balaban J connectivity index is 2.35. The second-order valence-electron chi connectivity index (χ2n) is 4.36. The number of aromatic nitrogens is 1. The summed E-state index contributed by atoms with van der Waals surface area (Å²) in [6.07, 6.45) is 1.55. The third-order valence-corrected chi connectivity index (χ3v) is 3.98. The van der Waals surface area contributed by atoms with Crippen molar-refractivity contribution < 1.29 is 4.79 Å². The lowest BCUT2D eigenvalue weighted by Gasteiger charge is -2.13. The first-order chi connectivity index (χ1) is 9.38. The van der Waals surface area contributed by atoms with Crippen molar-refractivity contribution in [2.24, 2.45) is 0 Å². The van der Waals surface area contributed by atoms with Crippen LogP contribution in [-0.4, -0.2) is 10.9 Å². The molecule has 0 spiro atoms. The second kappa shape index (κ2) is 6.24. The van der Waals surface area contributed by atoms with E-state index >= 15 is 0 Å². The molecule has 1 aromatic heterocycles. The van der Waals surface area contributed by atoms with Crippen LogP contribution in [0.4, 0.5) is 5.69 Å². The molecule has 0 saturated heterocycles. The highest BCUT2D eigenvalue weighted by Gasteiger charge is 2.14. The smallest absolute Gasteiger partial charge is 0.258 e. The standard InChI is InChI=1S/C14H11Br2ClN2O/c1-7-3-9(15)4-8(2)12(7)19-14(20)11-5-10(16)6-18-13(11)17/h3-6H,1-2H3,(H,19,20). The Morgan fingerprint density at radius 2 is 1.75 bits per heavy atom. The molecule has 1 heterocycles. The molecule has 2 rings (SSSR count). The summed E-state index contributed by atoms with van der Waals surface area (Å²) >= 11 is 12.7. The van der Waals surface area contributed by atoms with Crippen molar-refractivity contribution in [1.29, 1.82) is 0 Å². The molecule has 3 nitrogen and oxygen atoms in total. The molecule has 104 valence electrons. The molecular formula is C14H11Br2ClN2O. The van der Waals surface area contributed by atoms with Crippen LogP contribution in [0.3, 0.4) is 0 Å². The second-order valence-corrected chi connectivity index (χ2v) is 6.55. The van der Waals surface area contributed by atoms with E-state index in [1.54, 1.807) is 12.3 Å². The largest absolute Gasteiger partial charge is 0.321 e. The zero-order valence-corrected chi connectivity index (χ0v) is 14.7. The maximum Gasteiger partial charge on any atom is 0.258 e. The lowest BCUT2D eigenvalue weighted by Crippen LogP contribution is -2.15. The van der Waals surface area contributed by atoms with Crippen molar-refractivity contribution in [3.63, 3.8) is 0 Å². The predicted molar refractivity (Wildman–Crippen MR) is 88.5 cm³/mol. The minimum absolute atomic E-state index is 0.179. The number of hydrogen-bond acceptors (Lipinski definition) is 2. The summed E-state index contributed by atoms with van der Waals surface area (Å²) < 4.78 is 1.68. The van der Waals surface area contributed by atoms with Crippen LogP contribution < -0.4 is 5.32 Å². The Labute approximate surface area is 139 Å². The van der Waals surface area contributed by atoms with E-state index in [1.165, 1.54) is 0 Å². The summed E-state index contributed by atoms with van der Waals surface area (Å²) in [6, 6.07) is 5.54. The van der Waals surface area contributed by atoms with Gasteiger partial charge in [0, 0.05) is 20.8 Å². The molecule has 0 saturated carbocycles. The van der Waals surface area contributed by atoms with Crippen molar-refractivity contribution >= 4 is 55.1 Å². The lowest BCUT2D eigenvalue weighted by molar-refractivity contribution is 0.102. The van der Waals surface area contributed by atoms with Crippen LogP contribution in [0.25, 0.3) is 0 Å². The number of nitrogens with one attached hydrogen (secondary N) is 1. The Morgan fingerprint density at radius 3 is 2.35 bits per heavy atom. The highest BCUT2D eigenvalue weighted by Crippen LogP contribution is 2.26. The van der Waals surface area contributed by atoms with Gasteiger partial charge < -0.3 is 5.32 Å². The van der Waals surface area contributed by atoms with E-state index in [2.05, 4.69) is 42.2 Å². The third-order valence-electron chi connectivity index (χ3n) is 2.79. The molecule has 1 aromatic carbocycles. The number of benzene rings is 1. The number of hydrogen-bond donors (Lipinski definition) is 1. The van der Waals surface area contributed by atoms with Crippen molar-refractivity contribution in [3.8, 4) is 0 Å². The van der Waals surface area contributed by atoms with Crippen LogP contribution >= 0.6 is 43.5 Å². The molecule has 0 aliphatic heterocycles. The van der Waals surface area contributed by atoms with Crippen molar-refractivity contribution in [3.05, 3.63) is 55.2 Å². The summed E-state index contributed by atoms with van der Waals surface area (Å²) in [5.41, 5.74) is 3.07. The summed E-state index contributed by atoms with van der Waals surface area (Å²) in [7, 11) is 0. The van der Waals surface area contributed by atoms with Crippen molar-refractivity contribution in [2.45, 2.75) is 13.8 Å². The van der Waals surface area contributed by atoms with Crippen LogP contribution in [-0.2, 0) is 0 Å². The number of carbonyl (C=O) groups is 1. The van der Waals surface area contributed by atoms with E-state index in [9.17, 15) is 4.79 Å². The average Bonchev–Trinajstić information content (AvgIpc) is 2.36. The maximum atomic E-state index is 12.3. The molecule has 1 amide bonds. The van der Waals surface area contributed by atoms with Gasteiger partial charge in [-0.15, -0.1) is 0 Å². The van der Waals surface area contributed by atoms with Gasteiger partial charge in [-0.3, -0.25) is 4.79 Å². The molecule has 0 unspecified atom stereocenters. The quantitative estimate of drug-likeness (QED) is 0.687. The highest BCUT2D eigenvalue weighted by molar-refractivity contribution is 9.10. The molecule has 0 atom stereocenters. The molecule has 0 bridgehead atoms. The van der Waals surface area contributed by atoms with E-state index in [-0.39, 0.29) is 11.1 Å². The zero-order chi connectivity index (χ0) is 14.9. The van der Waals surface area contributed by atoms with Gasteiger partial charge in [0.25, 0.3) is 5.91 Å². The Morgan fingerprint density at radius 1 is 1.15 bits per heavy atom. The van der Waals surface area contributed by atoms with Crippen molar-refractivity contribution in [1.82, 2.24) is 4.98 Å². The van der Waals surface area contributed by atoms with E-state index < -0.39 is 0 Å². The first-order valence-electron chi connectivity index (χ1n) is 5.77. The Hall–Kier alpha value is -0.910. The first-order valence-corrected chi connectivity index (χ1v) is 7.74. The number of rotatable bonds is 2. The number of pyridine rings is 1. The number of aryl methyl sites for hydroxylation is 2. The fourth-order valence-corrected chi connectivity index (χ4v) is 3.08. The van der Waals surface area contributed by atoms with Gasteiger partial charge in [0.15, 0.2) is 0 Å². The zero-order valence-electron chi connectivity index (χ0n) is 10.8. The fraction of sp³-hybridized carbons (Fsp3) is 0.143. The molecule has 0 aliphatic rings. The molecule has 0 aliphatic carbocycles. The minimum Gasteiger partial charge on any atom is -0.321 e. The summed E-state index contributed by atoms with van der Waals surface area (Å²) in [6.45, 7) is 3.88. The fourth-order valence-electron chi connectivity index (χ4n) is 1.87. The molecule has 0 fully saturated rings. The lowest BCUT2D eigenvalue weighted by atomic mass is 10.1. The molecular weight excluding hydrogens is 407 g/mol. The predicted octanol–water partition coefficient (Wildman–Crippen LogP) is 5.13. The number of anilines is 1. The summed E-state index contributed by atoms with van der Waals surface area (Å²) in [5, 5.41) is 3.06. The first kappa shape index (κ1) is 15.5.